The van der Waals surface area contributed by atoms with Crippen LogP contribution in [0.1, 0.15) is 103 Å². The SMILES string of the molecule is CCCCCCCC(=O)SCCCC/C=C/C1CC(=O)NCc2nc(cs2)C2=N[C@@](C)(CS2)C(=O)N[C@@H](C(C)C)C(=O)O1. The van der Waals surface area contributed by atoms with E-state index >= 15 is 0 Å². The van der Waals surface area contributed by atoms with E-state index in [1.807, 2.05) is 25.3 Å². The normalized spacial score (nSPS) is 23.3. The van der Waals surface area contributed by atoms with E-state index in [1.165, 1.54) is 54.1 Å². The van der Waals surface area contributed by atoms with Crippen molar-refractivity contribution in [1.29, 1.82) is 0 Å². The molecular weight excluding hydrogens is 605 g/mol. The van der Waals surface area contributed by atoms with Crippen molar-refractivity contribution in [2.45, 2.75) is 116 Å². The summed E-state index contributed by atoms with van der Waals surface area (Å²) in [6.07, 6.45) is 11.8. The molecule has 3 atom stereocenters. The Kier molecular flexibility index (Phi) is 14.7. The predicted molar refractivity (Wildman–Crippen MR) is 176 cm³/mol. The third-order valence-electron chi connectivity index (χ3n) is 7.26. The van der Waals surface area contributed by atoms with Crippen LogP contribution in [-0.4, -0.2) is 62.1 Å². The lowest BCUT2D eigenvalue weighted by molar-refractivity contribution is -0.153. The zero-order valence-electron chi connectivity index (χ0n) is 25.8. The van der Waals surface area contributed by atoms with Crippen molar-refractivity contribution in [1.82, 2.24) is 15.6 Å². The van der Waals surface area contributed by atoms with Crippen LogP contribution >= 0.6 is 34.9 Å². The maximum atomic E-state index is 13.3. The highest BCUT2D eigenvalue weighted by Gasteiger charge is 2.41. The highest BCUT2D eigenvalue weighted by molar-refractivity contribution is 8.14. The zero-order chi connectivity index (χ0) is 31.2. The summed E-state index contributed by atoms with van der Waals surface area (Å²) in [4.78, 5) is 60.8. The Morgan fingerprint density at radius 2 is 1.98 bits per heavy atom. The molecule has 0 saturated carbocycles. The molecule has 2 aliphatic rings. The second-order valence-electron chi connectivity index (χ2n) is 11.6. The van der Waals surface area contributed by atoms with Gasteiger partial charge in [0.25, 0.3) is 0 Å². The van der Waals surface area contributed by atoms with Gasteiger partial charge in [-0.15, -0.1) is 23.1 Å². The van der Waals surface area contributed by atoms with Crippen LogP contribution in [0.4, 0.5) is 0 Å². The van der Waals surface area contributed by atoms with Crippen LogP contribution in [0.2, 0.25) is 0 Å². The van der Waals surface area contributed by atoms with Gasteiger partial charge in [0.15, 0.2) is 5.12 Å². The Morgan fingerprint density at radius 3 is 2.74 bits per heavy atom. The Balaban J connectivity index is 1.58. The number of aromatic nitrogens is 1. The number of cyclic esters (lactones) is 1. The minimum Gasteiger partial charge on any atom is -0.456 e. The third-order valence-corrected chi connectivity index (χ3v) is 10.4. The molecule has 0 spiro atoms. The van der Waals surface area contributed by atoms with E-state index in [2.05, 4.69) is 27.5 Å². The molecule has 1 unspecified atom stereocenters. The molecule has 0 fully saturated rings. The molecule has 1 aromatic heterocycles. The summed E-state index contributed by atoms with van der Waals surface area (Å²) < 4.78 is 5.80. The monoisotopic (exact) mass is 650 g/mol. The molecule has 2 amide bonds. The maximum absolute atomic E-state index is 13.3. The van der Waals surface area contributed by atoms with Crippen LogP contribution in [-0.2, 0) is 30.5 Å². The molecular formula is C31H46N4O5S3. The van der Waals surface area contributed by atoms with Crippen molar-refractivity contribution < 1.29 is 23.9 Å². The minimum absolute atomic E-state index is 0.0396. The Bertz CT molecular complexity index is 1170. The van der Waals surface area contributed by atoms with Crippen LogP contribution in [0.5, 0.6) is 0 Å². The topological polar surface area (TPSA) is 127 Å². The van der Waals surface area contributed by atoms with Gasteiger partial charge in [0.05, 0.1) is 13.0 Å². The summed E-state index contributed by atoms with van der Waals surface area (Å²) in [5, 5.41) is 9.30. The first kappa shape index (κ1) is 35.3. The molecule has 43 heavy (non-hydrogen) atoms. The van der Waals surface area contributed by atoms with E-state index in [4.69, 9.17) is 4.74 Å². The molecule has 238 valence electrons. The van der Waals surface area contributed by atoms with Gasteiger partial charge in [-0.1, -0.05) is 64.3 Å². The summed E-state index contributed by atoms with van der Waals surface area (Å²) in [6.45, 7) is 7.89. The van der Waals surface area contributed by atoms with Gasteiger partial charge in [0.1, 0.15) is 33.4 Å². The molecule has 0 aromatic carbocycles. The number of fused-ring (bicyclic) bond motifs is 4. The van der Waals surface area contributed by atoms with Gasteiger partial charge >= 0.3 is 5.97 Å². The quantitative estimate of drug-likeness (QED) is 0.156. The number of ether oxygens (including phenoxy) is 1. The van der Waals surface area contributed by atoms with E-state index in [0.717, 1.165) is 42.9 Å². The largest absolute Gasteiger partial charge is 0.456 e. The number of rotatable bonds is 13. The first-order valence-electron chi connectivity index (χ1n) is 15.4. The van der Waals surface area contributed by atoms with Crippen molar-refractivity contribution in [2.75, 3.05) is 11.5 Å². The highest BCUT2D eigenvalue weighted by atomic mass is 32.2. The standard InChI is InChI=1S/C31H46N4O5S3/c1-5-6-7-8-12-15-26(37)41-16-13-10-9-11-14-22-17-24(36)32-18-25-33-23(19-42-25)28-35-31(4,20-43-28)30(39)34-27(21(2)3)29(38)40-22/h11,14,19,21-22,27H,5-10,12-13,15-18,20H2,1-4H3,(H,32,36)(H,34,39)/b14-11+/t22?,27-,31-/m0/s1. The molecule has 3 heterocycles. The lowest BCUT2D eigenvalue weighted by atomic mass is 10.0. The second-order valence-corrected chi connectivity index (χ2v) is 14.6. The number of esters is 1. The molecule has 2 N–H and O–H groups in total. The van der Waals surface area contributed by atoms with Gasteiger partial charge < -0.3 is 15.4 Å². The van der Waals surface area contributed by atoms with Crippen molar-refractivity contribution in [3.63, 3.8) is 0 Å². The molecule has 9 nitrogen and oxygen atoms in total. The summed E-state index contributed by atoms with van der Waals surface area (Å²) in [6, 6.07) is -0.882. The van der Waals surface area contributed by atoms with Crippen LogP contribution < -0.4 is 10.6 Å². The number of thiazole rings is 1. The number of hydrogen-bond acceptors (Lipinski definition) is 10. The van der Waals surface area contributed by atoms with Gasteiger partial charge in [-0.3, -0.25) is 19.4 Å². The smallest absolute Gasteiger partial charge is 0.329 e. The van der Waals surface area contributed by atoms with E-state index in [1.54, 1.807) is 13.0 Å². The fourth-order valence-corrected chi connectivity index (χ4v) is 7.36. The Hall–Kier alpha value is -2.18. The average molecular weight is 651 g/mol. The molecule has 4 bridgehead atoms. The number of hydrogen-bond donors (Lipinski definition) is 2. The molecule has 1 aromatic rings. The number of allylic oxidation sites excluding steroid dienone is 1. The number of carbonyl (C=O) groups excluding carboxylic acids is 4. The number of unbranched alkanes of at least 4 members (excludes halogenated alkanes) is 6. The van der Waals surface area contributed by atoms with E-state index in [0.29, 0.717) is 22.9 Å². The van der Waals surface area contributed by atoms with Crippen LogP contribution in [0.25, 0.3) is 0 Å². The van der Waals surface area contributed by atoms with Crippen LogP contribution in [0.3, 0.4) is 0 Å². The van der Waals surface area contributed by atoms with Crippen LogP contribution in [0, 0.1) is 5.92 Å². The highest BCUT2D eigenvalue weighted by Crippen LogP contribution is 2.32. The van der Waals surface area contributed by atoms with Crippen molar-refractivity contribution in [3.8, 4) is 0 Å². The van der Waals surface area contributed by atoms with Gasteiger partial charge in [0, 0.05) is 23.3 Å². The zero-order valence-corrected chi connectivity index (χ0v) is 28.3. The molecule has 0 saturated heterocycles. The number of carbonyl (C=O) groups is 4. The van der Waals surface area contributed by atoms with Crippen LogP contribution in [0.15, 0.2) is 22.5 Å². The molecule has 0 aliphatic carbocycles. The molecule has 12 heteroatoms. The van der Waals surface area contributed by atoms with E-state index in [-0.39, 0.29) is 35.8 Å². The third kappa shape index (κ3) is 11.7. The average Bonchev–Trinajstić information content (AvgIpc) is 3.60. The van der Waals surface area contributed by atoms with Crippen molar-refractivity contribution >= 4 is 62.8 Å². The van der Waals surface area contributed by atoms with Gasteiger partial charge in [-0.25, -0.2) is 9.78 Å². The van der Waals surface area contributed by atoms with Gasteiger partial charge in [-0.05, 0) is 44.6 Å². The number of nitrogens with one attached hydrogen (secondary N) is 2. The fourth-order valence-electron chi connectivity index (χ4n) is 4.57. The Morgan fingerprint density at radius 1 is 1.19 bits per heavy atom. The summed E-state index contributed by atoms with van der Waals surface area (Å²) >= 11 is 4.29. The van der Waals surface area contributed by atoms with Crippen molar-refractivity contribution in [3.05, 3.63) is 28.2 Å². The minimum atomic E-state index is -1.03. The number of amides is 2. The number of nitrogens with zero attached hydrogens (tertiary/aromatic N) is 2. The van der Waals surface area contributed by atoms with E-state index in [9.17, 15) is 19.2 Å². The first-order chi connectivity index (χ1) is 20.6. The lowest BCUT2D eigenvalue weighted by Crippen LogP contribution is -2.53. The number of thioether (sulfide) groups is 2. The maximum Gasteiger partial charge on any atom is 0.329 e. The molecule has 0 radical (unpaired) electrons. The molecule has 2 aliphatic heterocycles. The van der Waals surface area contributed by atoms with E-state index < -0.39 is 23.7 Å². The second kappa shape index (κ2) is 17.9. The first-order valence-corrected chi connectivity index (χ1v) is 18.2. The van der Waals surface area contributed by atoms with Gasteiger partial charge in [-0.2, -0.15) is 0 Å². The summed E-state index contributed by atoms with van der Waals surface area (Å²) in [5.41, 5.74) is -0.340. The number of aliphatic imine (C=N–C) groups is 1. The summed E-state index contributed by atoms with van der Waals surface area (Å²) in [5.74, 6) is -0.183. The summed E-state index contributed by atoms with van der Waals surface area (Å²) in [7, 11) is 0. The van der Waals surface area contributed by atoms with Crippen molar-refractivity contribution in [2.24, 2.45) is 10.9 Å². The lowest BCUT2D eigenvalue weighted by Gasteiger charge is -2.27. The van der Waals surface area contributed by atoms with Gasteiger partial charge in [0.2, 0.25) is 11.8 Å². The Labute approximate surface area is 268 Å². The predicted octanol–water partition coefficient (Wildman–Crippen LogP) is 5.81. The fraction of sp³-hybridized carbons (Fsp3) is 0.677. The molecule has 3 rings (SSSR count).